The van der Waals surface area contributed by atoms with Gasteiger partial charge in [-0.05, 0) is 30.7 Å². The second-order valence-electron chi connectivity index (χ2n) is 5.88. The number of hydrogen-bond acceptors (Lipinski definition) is 3. The third-order valence-corrected chi connectivity index (χ3v) is 5.44. The SMILES string of the molecule is CCCC(NC(=O)C1(CN)CCCCC1)c1cccs1. The van der Waals surface area contributed by atoms with Gasteiger partial charge in [-0.2, -0.15) is 0 Å². The normalized spacial score (nSPS) is 19.5. The first-order valence-corrected chi connectivity index (χ1v) is 8.64. The summed E-state index contributed by atoms with van der Waals surface area (Å²) in [5.74, 6) is 0.173. The Morgan fingerprint density at radius 1 is 1.45 bits per heavy atom. The summed E-state index contributed by atoms with van der Waals surface area (Å²) in [6, 6.07) is 4.31. The average Bonchev–Trinajstić information content (AvgIpc) is 3.01. The Morgan fingerprint density at radius 2 is 2.20 bits per heavy atom. The van der Waals surface area contributed by atoms with Crippen molar-refractivity contribution in [1.29, 1.82) is 0 Å². The molecule has 1 aliphatic rings. The van der Waals surface area contributed by atoms with E-state index >= 15 is 0 Å². The molecule has 1 unspecified atom stereocenters. The van der Waals surface area contributed by atoms with E-state index in [4.69, 9.17) is 5.73 Å². The summed E-state index contributed by atoms with van der Waals surface area (Å²) < 4.78 is 0. The van der Waals surface area contributed by atoms with E-state index in [1.165, 1.54) is 11.3 Å². The molecule has 112 valence electrons. The molecule has 0 bridgehead atoms. The van der Waals surface area contributed by atoms with Crippen molar-refractivity contribution in [2.24, 2.45) is 11.1 Å². The molecule has 1 saturated carbocycles. The first kappa shape index (κ1) is 15.5. The van der Waals surface area contributed by atoms with E-state index in [9.17, 15) is 4.79 Å². The van der Waals surface area contributed by atoms with Gasteiger partial charge in [0.1, 0.15) is 0 Å². The standard InChI is InChI=1S/C16H26N2OS/c1-2-7-13(14-8-6-11-20-14)18-15(19)16(12-17)9-4-3-5-10-16/h6,8,11,13H,2-5,7,9-10,12,17H2,1H3,(H,18,19). The molecular weight excluding hydrogens is 268 g/mol. The van der Waals surface area contributed by atoms with Crippen LogP contribution in [0.2, 0.25) is 0 Å². The zero-order valence-electron chi connectivity index (χ0n) is 12.4. The van der Waals surface area contributed by atoms with Crippen molar-refractivity contribution in [2.45, 2.75) is 57.9 Å². The summed E-state index contributed by atoms with van der Waals surface area (Å²) in [5, 5.41) is 5.35. The topological polar surface area (TPSA) is 55.1 Å². The Morgan fingerprint density at radius 3 is 2.75 bits per heavy atom. The van der Waals surface area contributed by atoms with Gasteiger partial charge in [0, 0.05) is 11.4 Å². The number of carbonyl (C=O) groups is 1. The third-order valence-electron chi connectivity index (χ3n) is 4.45. The van der Waals surface area contributed by atoms with Crippen LogP contribution in [-0.2, 0) is 4.79 Å². The first-order valence-electron chi connectivity index (χ1n) is 7.76. The van der Waals surface area contributed by atoms with Gasteiger partial charge in [0.2, 0.25) is 5.91 Å². The van der Waals surface area contributed by atoms with E-state index in [1.54, 1.807) is 11.3 Å². The van der Waals surface area contributed by atoms with Gasteiger partial charge in [-0.15, -0.1) is 11.3 Å². The average molecular weight is 294 g/mol. The number of nitrogens with one attached hydrogen (secondary N) is 1. The molecule has 4 heteroatoms. The van der Waals surface area contributed by atoms with Gasteiger partial charge in [-0.3, -0.25) is 4.79 Å². The number of nitrogens with two attached hydrogens (primary N) is 1. The molecule has 0 radical (unpaired) electrons. The van der Waals surface area contributed by atoms with Crippen LogP contribution in [0.5, 0.6) is 0 Å². The van der Waals surface area contributed by atoms with Crippen molar-refractivity contribution in [2.75, 3.05) is 6.54 Å². The minimum atomic E-state index is -0.318. The van der Waals surface area contributed by atoms with Crippen molar-refractivity contribution in [3.63, 3.8) is 0 Å². The van der Waals surface area contributed by atoms with E-state index < -0.39 is 0 Å². The fraction of sp³-hybridized carbons (Fsp3) is 0.688. The zero-order valence-corrected chi connectivity index (χ0v) is 13.2. The molecule has 1 aliphatic carbocycles. The number of hydrogen-bond donors (Lipinski definition) is 2. The second kappa shape index (κ2) is 7.23. The number of thiophene rings is 1. The van der Waals surface area contributed by atoms with Crippen LogP contribution in [0.25, 0.3) is 0 Å². The summed E-state index contributed by atoms with van der Waals surface area (Å²) in [5.41, 5.74) is 5.63. The van der Waals surface area contributed by atoms with E-state index in [0.717, 1.165) is 38.5 Å². The fourth-order valence-corrected chi connectivity index (χ4v) is 3.94. The van der Waals surface area contributed by atoms with E-state index in [2.05, 4.69) is 23.7 Å². The maximum atomic E-state index is 12.7. The Balaban J connectivity index is 2.07. The second-order valence-corrected chi connectivity index (χ2v) is 6.85. The molecule has 0 aromatic carbocycles. The Hall–Kier alpha value is -0.870. The van der Waals surface area contributed by atoms with Gasteiger partial charge >= 0.3 is 0 Å². The van der Waals surface area contributed by atoms with Crippen LogP contribution in [-0.4, -0.2) is 12.5 Å². The van der Waals surface area contributed by atoms with Crippen LogP contribution in [0.15, 0.2) is 17.5 Å². The first-order chi connectivity index (χ1) is 9.72. The van der Waals surface area contributed by atoms with E-state index in [0.29, 0.717) is 6.54 Å². The summed E-state index contributed by atoms with van der Waals surface area (Å²) in [6.07, 6.45) is 7.44. The predicted molar refractivity (Wildman–Crippen MR) is 84.7 cm³/mol. The van der Waals surface area contributed by atoms with E-state index in [-0.39, 0.29) is 17.4 Å². The summed E-state index contributed by atoms with van der Waals surface area (Å²) in [7, 11) is 0. The van der Waals surface area contributed by atoms with Crippen molar-refractivity contribution >= 4 is 17.2 Å². The molecule has 1 heterocycles. The molecule has 1 atom stereocenters. The lowest BCUT2D eigenvalue weighted by molar-refractivity contribution is -0.133. The molecule has 1 aromatic heterocycles. The van der Waals surface area contributed by atoms with Gasteiger partial charge in [0.15, 0.2) is 0 Å². The maximum Gasteiger partial charge on any atom is 0.228 e. The minimum absolute atomic E-state index is 0.151. The Bertz CT molecular complexity index is 410. The van der Waals surface area contributed by atoms with Crippen LogP contribution in [0.3, 0.4) is 0 Å². The summed E-state index contributed by atoms with van der Waals surface area (Å²) >= 11 is 1.72. The molecule has 0 saturated heterocycles. The molecule has 1 aromatic rings. The smallest absolute Gasteiger partial charge is 0.228 e. The molecule has 0 aliphatic heterocycles. The zero-order chi connectivity index (χ0) is 14.4. The van der Waals surface area contributed by atoms with Gasteiger partial charge in [0.05, 0.1) is 11.5 Å². The minimum Gasteiger partial charge on any atom is -0.348 e. The van der Waals surface area contributed by atoms with Gasteiger partial charge in [0.25, 0.3) is 0 Å². The number of rotatable bonds is 6. The van der Waals surface area contributed by atoms with Crippen LogP contribution in [0, 0.1) is 5.41 Å². The van der Waals surface area contributed by atoms with Gasteiger partial charge < -0.3 is 11.1 Å². The Labute approximate surface area is 125 Å². The molecule has 0 spiro atoms. The van der Waals surface area contributed by atoms with Crippen LogP contribution in [0.1, 0.15) is 62.8 Å². The largest absolute Gasteiger partial charge is 0.348 e. The van der Waals surface area contributed by atoms with Gasteiger partial charge in [-0.1, -0.05) is 38.7 Å². The molecule has 1 fully saturated rings. The number of carbonyl (C=O) groups excluding carboxylic acids is 1. The monoisotopic (exact) mass is 294 g/mol. The van der Waals surface area contributed by atoms with Crippen molar-refractivity contribution < 1.29 is 4.79 Å². The molecular formula is C16H26N2OS. The molecule has 1 amide bonds. The van der Waals surface area contributed by atoms with Crippen LogP contribution in [0.4, 0.5) is 0 Å². The van der Waals surface area contributed by atoms with Crippen molar-refractivity contribution in [3.8, 4) is 0 Å². The molecule has 20 heavy (non-hydrogen) atoms. The predicted octanol–water partition coefficient (Wildman–Crippen LogP) is 3.61. The lowest BCUT2D eigenvalue weighted by Gasteiger charge is -2.36. The van der Waals surface area contributed by atoms with Crippen molar-refractivity contribution in [3.05, 3.63) is 22.4 Å². The van der Waals surface area contributed by atoms with E-state index in [1.807, 2.05) is 6.07 Å². The maximum absolute atomic E-state index is 12.7. The lowest BCUT2D eigenvalue weighted by atomic mass is 9.73. The quantitative estimate of drug-likeness (QED) is 0.842. The Kier molecular flexibility index (Phi) is 5.61. The van der Waals surface area contributed by atoms with Crippen LogP contribution >= 0.6 is 11.3 Å². The molecule has 3 nitrogen and oxygen atoms in total. The fourth-order valence-electron chi connectivity index (χ4n) is 3.13. The highest BCUT2D eigenvalue weighted by Gasteiger charge is 2.39. The van der Waals surface area contributed by atoms with Gasteiger partial charge in [-0.25, -0.2) is 0 Å². The summed E-state index contributed by atoms with van der Waals surface area (Å²) in [4.78, 5) is 14.0. The van der Waals surface area contributed by atoms with Crippen LogP contribution < -0.4 is 11.1 Å². The highest BCUT2D eigenvalue weighted by atomic mass is 32.1. The highest BCUT2D eigenvalue weighted by molar-refractivity contribution is 7.10. The highest BCUT2D eigenvalue weighted by Crippen LogP contribution is 2.36. The summed E-state index contributed by atoms with van der Waals surface area (Å²) in [6.45, 7) is 2.63. The molecule has 2 rings (SSSR count). The number of amides is 1. The third kappa shape index (κ3) is 3.41. The molecule has 3 N–H and O–H groups in total. The lowest BCUT2D eigenvalue weighted by Crippen LogP contribution is -2.48. The van der Waals surface area contributed by atoms with Crippen molar-refractivity contribution in [1.82, 2.24) is 5.32 Å².